The van der Waals surface area contributed by atoms with Crippen molar-refractivity contribution in [2.24, 2.45) is 0 Å². The second kappa shape index (κ2) is 6.10. The smallest absolute Gasteiger partial charge is 0.323 e. The summed E-state index contributed by atoms with van der Waals surface area (Å²) in [5, 5.41) is 21.4. The topological polar surface area (TPSA) is 78.8 Å². The molecule has 1 atom stereocenters. The van der Waals surface area contributed by atoms with Gasteiger partial charge in [0, 0.05) is 0 Å². The SMILES string of the molecule is CCOC(=O)[C@H](Cc1ccc(O)c(O)c1)NC. The van der Waals surface area contributed by atoms with E-state index in [0.717, 1.165) is 5.56 Å². The molecule has 0 saturated carbocycles. The third kappa shape index (κ3) is 3.64. The molecule has 0 radical (unpaired) electrons. The van der Waals surface area contributed by atoms with Crippen LogP contribution < -0.4 is 5.32 Å². The van der Waals surface area contributed by atoms with Crippen LogP contribution in [0.25, 0.3) is 0 Å². The Balaban J connectivity index is 2.73. The molecule has 0 unspecified atom stereocenters. The van der Waals surface area contributed by atoms with Crippen molar-refractivity contribution < 1.29 is 19.7 Å². The van der Waals surface area contributed by atoms with Crippen molar-refractivity contribution in [3.63, 3.8) is 0 Å². The largest absolute Gasteiger partial charge is 0.504 e. The van der Waals surface area contributed by atoms with Crippen LogP contribution in [-0.4, -0.2) is 35.9 Å². The number of benzene rings is 1. The van der Waals surface area contributed by atoms with E-state index in [1.807, 2.05) is 0 Å². The number of nitrogens with one attached hydrogen (secondary N) is 1. The van der Waals surface area contributed by atoms with E-state index in [1.165, 1.54) is 12.1 Å². The van der Waals surface area contributed by atoms with E-state index in [2.05, 4.69) is 5.32 Å². The Labute approximate surface area is 100 Å². The fourth-order valence-corrected chi connectivity index (χ4v) is 1.48. The van der Waals surface area contributed by atoms with E-state index < -0.39 is 6.04 Å². The van der Waals surface area contributed by atoms with E-state index in [-0.39, 0.29) is 17.5 Å². The Kier molecular flexibility index (Phi) is 4.78. The van der Waals surface area contributed by atoms with Crippen LogP contribution in [0.3, 0.4) is 0 Å². The summed E-state index contributed by atoms with van der Waals surface area (Å²) >= 11 is 0. The normalized spacial score (nSPS) is 12.1. The Morgan fingerprint density at radius 1 is 1.41 bits per heavy atom. The van der Waals surface area contributed by atoms with E-state index in [0.29, 0.717) is 13.0 Å². The van der Waals surface area contributed by atoms with Crippen LogP contribution in [0.2, 0.25) is 0 Å². The van der Waals surface area contributed by atoms with Gasteiger partial charge in [-0.15, -0.1) is 0 Å². The summed E-state index contributed by atoms with van der Waals surface area (Å²) in [4.78, 5) is 11.5. The zero-order chi connectivity index (χ0) is 12.8. The number of ether oxygens (including phenoxy) is 1. The van der Waals surface area contributed by atoms with E-state index in [1.54, 1.807) is 20.0 Å². The van der Waals surface area contributed by atoms with Crippen molar-refractivity contribution in [2.75, 3.05) is 13.7 Å². The molecule has 3 N–H and O–H groups in total. The molecule has 0 aliphatic carbocycles. The Morgan fingerprint density at radius 3 is 2.65 bits per heavy atom. The second-order valence-corrected chi connectivity index (χ2v) is 3.62. The number of rotatable bonds is 5. The van der Waals surface area contributed by atoms with Gasteiger partial charge in [0.1, 0.15) is 6.04 Å². The molecule has 0 aliphatic heterocycles. The number of phenolic OH excluding ortho intramolecular Hbond substituents is 2. The van der Waals surface area contributed by atoms with Crippen LogP contribution in [0.5, 0.6) is 11.5 Å². The first-order chi connectivity index (χ1) is 8.08. The minimum Gasteiger partial charge on any atom is -0.504 e. The highest BCUT2D eigenvalue weighted by atomic mass is 16.5. The molecule has 1 aromatic rings. The summed E-state index contributed by atoms with van der Waals surface area (Å²) in [6, 6.07) is 4.01. The van der Waals surface area contributed by atoms with Crippen molar-refractivity contribution in [3.05, 3.63) is 23.8 Å². The average molecular weight is 239 g/mol. The van der Waals surface area contributed by atoms with Crippen molar-refractivity contribution in [1.29, 1.82) is 0 Å². The van der Waals surface area contributed by atoms with Crippen LogP contribution in [0, 0.1) is 0 Å². The Bertz CT molecular complexity index is 392. The number of hydrogen-bond acceptors (Lipinski definition) is 5. The molecule has 5 nitrogen and oxygen atoms in total. The maximum atomic E-state index is 11.5. The zero-order valence-corrected chi connectivity index (χ0v) is 9.93. The summed E-state index contributed by atoms with van der Waals surface area (Å²) < 4.78 is 4.91. The van der Waals surface area contributed by atoms with Crippen LogP contribution in [0.4, 0.5) is 0 Å². The molecule has 0 bridgehead atoms. The monoisotopic (exact) mass is 239 g/mol. The molecular weight excluding hydrogens is 222 g/mol. The third-order valence-electron chi connectivity index (χ3n) is 2.40. The standard InChI is InChI=1S/C12H17NO4/c1-3-17-12(16)9(13-2)6-8-4-5-10(14)11(15)7-8/h4-5,7,9,13-15H,3,6H2,1-2H3/t9-/m0/s1. The summed E-state index contributed by atoms with van der Waals surface area (Å²) in [6.07, 6.45) is 0.392. The Hall–Kier alpha value is -1.75. The number of hydrogen-bond donors (Lipinski definition) is 3. The lowest BCUT2D eigenvalue weighted by atomic mass is 10.1. The summed E-state index contributed by atoms with van der Waals surface area (Å²) in [5.74, 6) is -0.699. The van der Waals surface area contributed by atoms with Crippen molar-refractivity contribution >= 4 is 5.97 Å². The van der Waals surface area contributed by atoms with Gasteiger partial charge >= 0.3 is 5.97 Å². The first-order valence-electron chi connectivity index (χ1n) is 5.43. The fourth-order valence-electron chi connectivity index (χ4n) is 1.48. The second-order valence-electron chi connectivity index (χ2n) is 3.62. The molecule has 17 heavy (non-hydrogen) atoms. The van der Waals surface area contributed by atoms with E-state index in [4.69, 9.17) is 4.74 Å². The molecule has 0 amide bonds. The minimum absolute atomic E-state index is 0.175. The predicted molar refractivity (Wildman–Crippen MR) is 63.0 cm³/mol. The molecule has 0 fully saturated rings. The quantitative estimate of drug-likeness (QED) is 0.523. The maximum absolute atomic E-state index is 11.5. The molecule has 0 aliphatic rings. The fraction of sp³-hybridized carbons (Fsp3) is 0.417. The van der Waals surface area contributed by atoms with Gasteiger partial charge < -0.3 is 20.3 Å². The van der Waals surface area contributed by atoms with E-state index >= 15 is 0 Å². The van der Waals surface area contributed by atoms with Gasteiger partial charge in [0.25, 0.3) is 0 Å². The van der Waals surface area contributed by atoms with Crippen molar-refractivity contribution in [3.8, 4) is 11.5 Å². The van der Waals surface area contributed by atoms with Gasteiger partial charge in [-0.3, -0.25) is 4.79 Å². The van der Waals surface area contributed by atoms with Crippen molar-refractivity contribution in [1.82, 2.24) is 5.32 Å². The van der Waals surface area contributed by atoms with Crippen LogP contribution >= 0.6 is 0 Å². The minimum atomic E-state index is -0.459. The number of esters is 1. The molecular formula is C12H17NO4. The van der Waals surface area contributed by atoms with Gasteiger partial charge in [-0.2, -0.15) is 0 Å². The Morgan fingerprint density at radius 2 is 2.12 bits per heavy atom. The lowest BCUT2D eigenvalue weighted by Crippen LogP contribution is -2.37. The van der Waals surface area contributed by atoms with Crippen molar-refractivity contribution in [2.45, 2.75) is 19.4 Å². The highest BCUT2D eigenvalue weighted by Gasteiger charge is 2.18. The van der Waals surface area contributed by atoms with Gasteiger partial charge in [-0.1, -0.05) is 6.07 Å². The lowest BCUT2D eigenvalue weighted by molar-refractivity contribution is -0.145. The van der Waals surface area contributed by atoms with E-state index in [9.17, 15) is 15.0 Å². The molecule has 0 saturated heterocycles. The zero-order valence-electron chi connectivity index (χ0n) is 9.93. The van der Waals surface area contributed by atoms with Gasteiger partial charge in [0.05, 0.1) is 6.61 Å². The molecule has 94 valence electrons. The maximum Gasteiger partial charge on any atom is 0.323 e. The summed E-state index contributed by atoms with van der Waals surface area (Å²) in [6.45, 7) is 2.08. The number of carbonyl (C=O) groups is 1. The molecule has 0 heterocycles. The molecule has 1 rings (SSSR count). The average Bonchev–Trinajstić information content (AvgIpc) is 2.30. The highest BCUT2D eigenvalue weighted by molar-refractivity contribution is 5.76. The summed E-state index contributed by atoms with van der Waals surface area (Å²) in [5.41, 5.74) is 0.743. The molecule has 0 aromatic heterocycles. The van der Waals surface area contributed by atoms with Crippen LogP contribution in [0.15, 0.2) is 18.2 Å². The number of carbonyl (C=O) groups excluding carboxylic acids is 1. The first-order valence-corrected chi connectivity index (χ1v) is 5.43. The summed E-state index contributed by atoms with van der Waals surface area (Å²) in [7, 11) is 1.67. The molecule has 0 spiro atoms. The number of likely N-dealkylation sites (N-methyl/N-ethyl adjacent to an activating group) is 1. The van der Waals surface area contributed by atoms with Gasteiger partial charge in [0.2, 0.25) is 0 Å². The number of phenols is 2. The van der Waals surface area contributed by atoms with Gasteiger partial charge in [0.15, 0.2) is 11.5 Å². The number of aromatic hydroxyl groups is 2. The van der Waals surface area contributed by atoms with Gasteiger partial charge in [-0.25, -0.2) is 0 Å². The van der Waals surface area contributed by atoms with Crippen LogP contribution in [0.1, 0.15) is 12.5 Å². The lowest BCUT2D eigenvalue weighted by Gasteiger charge is -2.14. The van der Waals surface area contributed by atoms with Crippen LogP contribution in [-0.2, 0) is 16.0 Å². The predicted octanol–water partition coefficient (Wildman–Crippen LogP) is 0.791. The highest BCUT2D eigenvalue weighted by Crippen LogP contribution is 2.25. The molecule has 5 heteroatoms. The molecule has 1 aromatic carbocycles. The van der Waals surface area contributed by atoms with Gasteiger partial charge in [-0.05, 0) is 38.1 Å². The third-order valence-corrected chi connectivity index (χ3v) is 2.40. The first kappa shape index (κ1) is 13.3.